The van der Waals surface area contributed by atoms with Gasteiger partial charge in [0.15, 0.2) is 16.7 Å². The van der Waals surface area contributed by atoms with Gasteiger partial charge in [0.2, 0.25) is 5.91 Å². The summed E-state index contributed by atoms with van der Waals surface area (Å²) in [7, 11) is 1.87. The SMILES string of the molecule is Cn1c(SCCC(=O)Nc2cccc(Cl)c2)nnc1-c1ccco1. The molecule has 1 aromatic carbocycles. The lowest BCUT2D eigenvalue weighted by Crippen LogP contribution is -2.12. The molecule has 8 heteroatoms. The monoisotopic (exact) mass is 362 g/mol. The number of benzene rings is 1. The number of rotatable bonds is 6. The van der Waals surface area contributed by atoms with Gasteiger partial charge in [0.1, 0.15) is 0 Å². The van der Waals surface area contributed by atoms with Crippen molar-refractivity contribution in [2.75, 3.05) is 11.1 Å². The summed E-state index contributed by atoms with van der Waals surface area (Å²) in [5.41, 5.74) is 0.691. The number of aromatic nitrogens is 3. The van der Waals surface area contributed by atoms with Crippen LogP contribution in [0, 0.1) is 0 Å². The Kier molecular flexibility index (Phi) is 5.22. The van der Waals surface area contributed by atoms with E-state index >= 15 is 0 Å². The van der Waals surface area contributed by atoms with Gasteiger partial charge in [-0.3, -0.25) is 4.79 Å². The Morgan fingerprint density at radius 3 is 2.96 bits per heavy atom. The summed E-state index contributed by atoms with van der Waals surface area (Å²) in [4.78, 5) is 12.0. The van der Waals surface area contributed by atoms with Gasteiger partial charge in [-0.1, -0.05) is 29.4 Å². The molecule has 1 N–H and O–H groups in total. The van der Waals surface area contributed by atoms with E-state index in [0.29, 0.717) is 34.5 Å². The van der Waals surface area contributed by atoms with Crippen LogP contribution >= 0.6 is 23.4 Å². The Bertz CT molecular complexity index is 832. The highest BCUT2D eigenvalue weighted by atomic mass is 35.5. The highest BCUT2D eigenvalue weighted by Crippen LogP contribution is 2.23. The first kappa shape index (κ1) is 16.6. The van der Waals surface area contributed by atoms with E-state index in [1.807, 2.05) is 17.7 Å². The van der Waals surface area contributed by atoms with Crippen LogP contribution in [-0.2, 0) is 11.8 Å². The van der Waals surface area contributed by atoms with Gasteiger partial charge in [-0.15, -0.1) is 10.2 Å². The highest BCUT2D eigenvalue weighted by Gasteiger charge is 2.13. The molecule has 24 heavy (non-hydrogen) atoms. The van der Waals surface area contributed by atoms with Gasteiger partial charge in [0.25, 0.3) is 0 Å². The molecule has 2 aromatic heterocycles. The van der Waals surface area contributed by atoms with Crippen molar-refractivity contribution < 1.29 is 9.21 Å². The number of carbonyl (C=O) groups is 1. The lowest BCUT2D eigenvalue weighted by Gasteiger charge is -2.05. The van der Waals surface area contributed by atoms with Crippen LogP contribution in [0.25, 0.3) is 11.6 Å². The smallest absolute Gasteiger partial charge is 0.225 e. The first-order valence-corrected chi connectivity index (χ1v) is 8.61. The number of hydrogen-bond acceptors (Lipinski definition) is 5. The first-order chi connectivity index (χ1) is 11.6. The van der Waals surface area contributed by atoms with E-state index < -0.39 is 0 Å². The minimum absolute atomic E-state index is 0.0711. The van der Waals surface area contributed by atoms with Crippen molar-refractivity contribution >= 4 is 35.0 Å². The number of halogens is 1. The number of furan rings is 1. The number of hydrogen-bond donors (Lipinski definition) is 1. The molecular weight excluding hydrogens is 348 g/mol. The summed E-state index contributed by atoms with van der Waals surface area (Å²) >= 11 is 7.36. The number of amides is 1. The number of nitrogens with zero attached hydrogens (tertiary/aromatic N) is 3. The zero-order valence-electron chi connectivity index (χ0n) is 12.9. The number of anilines is 1. The van der Waals surface area contributed by atoms with Crippen molar-refractivity contribution in [3.63, 3.8) is 0 Å². The average molecular weight is 363 g/mol. The van der Waals surface area contributed by atoms with Gasteiger partial charge in [-0.25, -0.2) is 0 Å². The summed E-state index contributed by atoms with van der Waals surface area (Å²) in [6.07, 6.45) is 1.96. The lowest BCUT2D eigenvalue weighted by molar-refractivity contribution is -0.115. The average Bonchev–Trinajstić information content (AvgIpc) is 3.18. The van der Waals surface area contributed by atoms with Crippen molar-refractivity contribution in [1.29, 1.82) is 0 Å². The van der Waals surface area contributed by atoms with Gasteiger partial charge in [-0.05, 0) is 30.3 Å². The van der Waals surface area contributed by atoms with Crippen LogP contribution in [0.1, 0.15) is 6.42 Å². The molecule has 0 saturated heterocycles. The molecule has 6 nitrogen and oxygen atoms in total. The molecule has 0 aliphatic rings. The molecule has 0 aliphatic carbocycles. The zero-order chi connectivity index (χ0) is 16.9. The summed E-state index contributed by atoms with van der Waals surface area (Å²) in [5.74, 6) is 1.84. The summed E-state index contributed by atoms with van der Waals surface area (Å²) in [5, 5.41) is 12.4. The van der Waals surface area contributed by atoms with Crippen LogP contribution in [-0.4, -0.2) is 26.4 Å². The topological polar surface area (TPSA) is 73.0 Å². The van der Waals surface area contributed by atoms with E-state index in [9.17, 15) is 4.79 Å². The second kappa shape index (κ2) is 7.55. The maximum atomic E-state index is 12.0. The van der Waals surface area contributed by atoms with Crippen molar-refractivity contribution in [3.05, 3.63) is 47.7 Å². The lowest BCUT2D eigenvalue weighted by atomic mass is 10.3. The fourth-order valence-corrected chi connectivity index (χ4v) is 3.12. The van der Waals surface area contributed by atoms with E-state index in [4.69, 9.17) is 16.0 Å². The Morgan fingerprint density at radius 1 is 1.33 bits per heavy atom. The summed E-state index contributed by atoms with van der Waals surface area (Å²) in [6, 6.07) is 10.7. The Labute approximate surface area is 148 Å². The molecule has 0 radical (unpaired) electrons. The van der Waals surface area contributed by atoms with Crippen LogP contribution in [0.5, 0.6) is 0 Å². The Morgan fingerprint density at radius 2 is 2.21 bits per heavy atom. The fraction of sp³-hybridized carbons (Fsp3) is 0.188. The normalized spacial score (nSPS) is 10.8. The van der Waals surface area contributed by atoms with E-state index in [1.165, 1.54) is 11.8 Å². The number of carbonyl (C=O) groups excluding carboxylic acids is 1. The molecule has 0 aliphatic heterocycles. The van der Waals surface area contributed by atoms with Crippen LogP contribution in [0.4, 0.5) is 5.69 Å². The molecule has 3 rings (SSSR count). The Balaban J connectivity index is 1.52. The summed E-state index contributed by atoms with van der Waals surface area (Å²) in [6.45, 7) is 0. The largest absolute Gasteiger partial charge is 0.461 e. The fourth-order valence-electron chi connectivity index (χ4n) is 2.09. The molecule has 0 fully saturated rings. The molecule has 2 heterocycles. The zero-order valence-corrected chi connectivity index (χ0v) is 14.5. The van der Waals surface area contributed by atoms with Crippen LogP contribution in [0.15, 0.2) is 52.2 Å². The highest BCUT2D eigenvalue weighted by molar-refractivity contribution is 7.99. The molecule has 0 atom stereocenters. The van der Waals surface area contributed by atoms with Gasteiger partial charge in [0, 0.05) is 29.9 Å². The molecule has 0 bridgehead atoms. The number of thioether (sulfide) groups is 1. The predicted octanol–water partition coefficient (Wildman–Crippen LogP) is 3.85. The quantitative estimate of drug-likeness (QED) is 0.674. The van der Waals surface area contributed by atoms with E-state index in [-0.39, 0.29) is 5.91 Å². The van der Waals surface area contributed by atoms with Crippen LogP contribution < -0.4 is 5.32 Å². The Hall–Kier alpha value is -2.25. The minimum atomic E-state index is -0.0711. The second-order valence-corrected chi connectivity index (χ2v) is 6.50. The van der Waals surface area contributed by atoms with E-state index in [0.717, 1.165) is 5.16 Å². The maximum Gasteiger partial charge on any atom is 0.225 e. The van der Waals surface area contributed by atoms with Crippen molar-refractivity contribution in [2.24, 2.45) is 7.05 Å². The first-order valence-electron chi connectivity index (χ1n) is 7.25. The van der Waals surface area contributed by atoms with E-state index in [2.05, 4.69) is 15.5 Å². The van der Waals surface area contributed by atoms with Crippen LogP contribution in [0.3, 0.4) is 0 Å². The predicted molar refractivity (Wildman–Crippen MR) is 94.1 cm³/mol. The molecule has 0 unspecified atom stereocenters. The molecule has 0 saturated carbocycles. The van der Waals surface area contributed by atoms with Gasteiger partial charge in [-0.2, -0.15) is 0 Å². The van der Waals surface area contributed by atoms with Crippen molar-refractivity contribution in [3.8, 4) is 11.6 Å². The third-order valence-electron chi connectivity index (χ3n) is 3.25. The minimum Gasteiger partial charge on any atom is -0.461 e. The van der Waals surface area contributed by atoms with Crippen molar-refractivity contribution in [1.82, 2.24) is 14.8 Å². The van der Waals surface area contributed by atoms with Gasteiger partial charge in [0.05, 0.1) is 6.26 Å². The van der Waals surface area contributed by atoms with Gasteiger partial charge < -0.3 is 14.3 Å². The van der Waals surface area contributed by atoms with Gasteiger partial charge >= 0.3 is 0 Å². The van der Waals surface area contributed by atoms with Crippen molar-refractivity contribution in [2.45, 2.75) is 11.6 Å². The molecule has 3 aromatic rings. The maximum absolute atomic E-state index is 12.0. The second-order valence-electron chi connectivity index (χ2n) is 5.00. The molecular formula is C16H15ClN4O2S. The molecule has 124 valence electrons. The third-order valence-corrected chi connectivity index (χ3v) is 4.50. The third kappa shape index (κ3) is 3.98. The van der Waals surface area contributed by atoms with Crippen LogP contribution in [0.2, 0.25) is 5.02 Å². The summed E-state index contributed by atoms with van der Waals surface area (Å²) < 4.78 is 7.17. The molecule has 1 amide bonds. The van der Waals surface area contributed by atoms with E-state index in [1.54, 1.807) is 36.6 Å². The number of nitrogens with one attached hydrogen (secondary N) is 1. The molecule has 0 spiro atoms. The standard InChI is InChI=1S/C16H15ClN4O2S/c1-21-15(13-6-3-8-23-13)19-20-16(21)24-9-7-14(22)18-12-5-2-4-11(17)10-12/h2-6,8,10H,7,9H2,1H3,(H,18,22).